The third kappa shape index (κ3) is 5.77. The molecular weight excluding hydrogens is 481 g/mol. The minimum Gasteiger partial charge on any atom is -0.493 e. The van der Waals surface area contributed by atoms with Crippen LogP contribution in [0.4, 0.5) is 0 Å². The highest BCUT2D eigenvalue weighted by molar-refractivity contribution is 14.1. The van der Waals surface area contributed by atoms with Crippen molar-refractivity contribution in [1.29, 1.82) is 0 Å². The first kappa shape index (κ1) is 20.8. The first-order valence-electron chi connectivity index (χ1n) is 8.86. The predicted molar refractivity (Wildman–Crippen MR) is 121 cm³/mol. The van der Waals surface area contributed by atoms with Crippen molar-refractivity contribution in [2.24, 2.45) is 5.10 Å². The van der Waals surface area contributed by atoms with Crippen molar-refractivity contribution in [3.63, 3.8) is 0 Å². The molecule has 0 saturated heterocycles. The standard InChI is InChI=1S/C22H20IN3O3/c1-15-5-7-16(8-6-15)14-29-21-19(23)10-17(11-20(21)28-2)12-25-26-22(27)18-4-3-9-24-13-18/h3-13H,14H2,1-2H3,(H,26,27)/b25-12+. The number of amides is 1. The van der Waals surface area contributed by atoms with E-state index in [1.54, 1.807) is 31.7 Å². The van der Waals surface area contributed by atoms with Crippen LogP contribution in [0.2, 0.25) is 0 Å². The van der Waals surface area contributed by atoms with E-state index in [-0.39, 0.29) is 5.91 Å². The van der Waals surface area contributed by atoms with Crippen molar-refractivity contribution < 1.29 is 14.3 Å². The van der Waals surface area contributed by atoms with Crippen LogP contribution in [-0.2, 0) is 6.61 Å². The van der Waals surface area contributed by atoms with E-state index in [0.29, 0.717) is 23.7 Å². The molecule has 1 N–H and O–H groups in total. The van der Waals surface area contributed by atoms with Crippen LogP contribution in [0, 0.1) is 10.5 Å². The van der Waals surface area contributed by atoms with Crippen LogP contribution in [0.1, 0.15) is 27.0 Å². The summed E-state index contributed by atoms with van der Waals surface area (Å²) in [5.74, 6) is 0.948. The second-order valence-electron chi connectivity index (χ2n) is 6.25. The number of aryl methyl sites for hydroxylation is 1. The van der Waals surface area contributed by atoms with Gasteiger partial charge < -0.3 is 9.47 Å². The summed E-state index contributed by atoms with van der Waals surface area (Å²) in [7, 11) is 1.59. The van der Waals surface area contributed by atoms with E-state index in [0.717, 1.165) is 14.7 Å². The molecule has 1 heterocycles. The van der Waals surface area contributed by atoms with Gasteiger partial charge in [-0.25, -0.2) is 5.43 Å². The summed E-state index contributed by atoms with van der Waals surface area (Å²) in [6, 6.07) is 15.3. The summed E-state index contributed by atoms with van der Waals surface area (Å²) < 4.78 is 12.4. The third-order valence-corrected chi connectivity index (χ3v) is 4.86. The highest BCUT2D eigenvalue weighted by Gasteiger charge is 2.12. The predicted octanol–water partition coefficient (Wildman–Crippen LogP) is 4.35. The fourth-order valence-electron chi connectivity index (χ4n) is 2.52. The zero-order chi connectivity index (χ0) is 20.6. The first-order chi connectivity index (χ1) is 14.1. The van der Waals surface area contributed by atoms with Crippen LogP contribution in [0.3, 0.4) is 0 Å². The number of aromatic nitrogens is 1. The monoisotopic (exact) mass is 501 g/mol. The largest absolute Gasteiger partial charge is 0.493 e. The van der Waals surface area contributed by atoms with Gasteiger partial charge in [-0.3, -0.25) is 9.78 Å². The summed E-state index contributed by atoms with van der Waals surface area (Å²) in [6.45, 7) is 2.50. The maximum Gasteiger partial charge on any atom is 0.272 e. The van der Waals surface area contributed by atoms with E-state index >= 15 is 0 Å². The molecule has 6 nitrogen and oxygen atoms in total. The van der Waals surface area contributed by atoms with Crippen molar-refractivity contribution in [2.75, 3.05) is 7.11 Å². The van der Waals surface area contributed by atoms with Crippen LogP contribution in [0.25, 0.3) is 0 Å². The van der Waals surface area contributed by atoms with Gasteiger partial charge >= 0.3 is 0 Å². The maximum absolute atomic E-state index is 12.0. The molecule has 0 radical (unpaired) electrons. The van der Waals surface area contributed by atoms with Gasteiger partial charge in [0.15, 0.2) is 11.5 Å². The Morgan fingerprint density at radius 2 is 2.03 bits per heavy atom. The molecule has 7 heteroatoms. The molecule has 0 aliphatic rings. The van der Waals surface area contributed by atoms with Gasteiger partial charge in [-0.1, -0.05) is 29.8 Å². The van der Waals surface area contributed by atoms with E-state index in [9.17, 15) is 4.79 Å². The van der Waals surface area contributed by atoms with E-state index < -0.39 is 0 Å². The highest BCUT2D eigenvalue weighted by atomic mass is 127. The molecule has 1 aromatic heterocycles. The zero-order valence-corrected chi connectivity index (χ0v) is 18.2. The third-order valence-electron chi connectivity index (χ3n) is 4.06. The number of carbonyl (C=O) groups is 1. The second kappa shape index (κ2) is 10.0. The Morgan fingerprint density at radius 1 is 1.24 bits per heavy atom. The molecule has 0 spiro atoms. The molecular formula is C22H20IN3O3. The molecule has 0 bridgehead atoms. The summed E-state index contributed by atoms with van der Waals surface area (Å²) in [5.41, 5.74) is 5.99. The lowest BCUT2D eigenvalue weighted by molar-refractivity contribution is 0.0955. The topological polar surface area (TPSA) is 72.8 Å². The molecule has 148 valence electrons. The van der Waals surface area contributed by atoms with E-state index in [1.165, 1.54) is 11.8 Å². The molecule has 0 fully saturated rings. The van der Waals surface area contributed by atoms with Gasteiger partial charge in [0.1, 0.15) is 6.61 Å². The van der Waals surface area contributed by atoms with Crippen molar-refractivity contribution >= 4 is 34.7 Å². The number of pyridine rings is 1. The van der Waals surface area contributed by atoms with Crippen LogP contribution in [0.15, 0.2) is 66.0 Å². The summed E-state index contributed by atoms with van der Waals surface area (Å²) in [5, 5.41) is 4.01. The lowest BCUT2D eigenvalue weighted by Gasteiger charge is -2.13. The van der Waals surface area contributed by atoms with Gasteiger partial charge in [0.2, 0.25) is 0 Å². The van der Waals surface area contributed by atoms with E-state index in [1.807, 2.05) is 24.3 Å². The van der Waals surface area contributed by atoms with Gasteiger partial charge in [-0.15, -0.1) is 0 Å². The SMILES string of the molecule is COc1cc(/C=N/NC(=O)c2cccnc2)cc(I)c1OCc1ccc(C)cc1. The minimum absolute atomic E-state index is 0.325. The Hall–Kier alpha value is -2.94. The number of ether oxygens (including phenoxy) is 2. The Bertz CT molecular complexity index is 1010. The van der Waals surface area contributed by atoms with Gasteiger partial charge in [0, 0.05) is 12.4 Å². The molecule has 3 aromatic rings. The Labute approximate surface area is 183 Å². The molecule has 29 heavy (non-hydrogen) atoms. The molecule has 3 rings (SSSR count). The smallest absolute Gasteiger partial charge is 0.272 e. The molecule has 2 aromatic carbocycles. The van der Waals surface area contributed by atoms with Crippen molar-refractivity contribution in [3.8, 4) is 11.5 Å². The number of halogens is 1. The van der Waals surface area contributed by atoms with Crippen LogP contribution in [-0.4, -0.2) is 24.2 Å². The van der Waals surface area contributed by atoms with Crippen LogP contribution >= 0.6 is 22.6 Å². The van der Waals surface area contributed by atoms with Crippen molar-refractivity contribution in [1.82, 2.24) is 10.4 Å². The van der Waals surface area contributed by atoms with Crippen LogP contribution < -0.4 is 14.9 Å². The number of rotatable bonds is 7. The Morgan fingerprint density at radius 3 is 2.72 bits per heavy atom. The van der Waals surface area contributed by atoms with Crippen molar-refractivity contribution in [3.05, 3.63) is 86.7 Å². The number of hydrogen-bond acceptors (Lipinski definition) is 5. The normalized spacial score (nSPS) is 10.7. The second-order valence-corrected chi connectivity index (χ2v) is 7.41. The molecule has 0 aliphatic carbocycles. The number of methoxy groups -OCH3 is 1. The highest BCUT2D eigenvalue weighted by Crippen LogP contribution is 2.34. The number of hydrogen-bond donors (Lipinski definition) is 1. The van der Waals surface area contributed by atoms with E-state index in [2.05, 4.69) is 57.2 Å². The fourth-order valence-corrected chi connectivity index (χ4v) is 3.30. The Kier molecular flexibility index (Phi) is 7.18. The number of benzene rings is 2. The molecule has 0 aliphatic heterocycles. The zero-order valence-electron chi connectivity index (χ0n) is 16.1. The number of carbonyl (C=O) groups excluding carboxylic acids is 1. The number of nitrogens with zero attached hydrogens (tertiary/aromatic N) is 2. The molecule has 0 unspecified atom stereocenters. The van der Waals surface area contributed by atoms with Crippen LogP contribution in [0.5, 0.6) is 11.5 Å². The minimum atomic E-state index is -0.325. The average molecular weight is 501 g/mol. The van der Waals surface area contributed by atoms with Gasteiger partial charge in [0.05, 0.1) is 22.5 Å². The summed E-state index contributed by atoms with van der Waals surface area (Å²) >= 11 is 2.20. The van der Waals surface area contributed by atoms with Gasteiger partial charge in [0.25, 0.3) is 5.91 Å². The summed E-state index contributed by atoms with van der Waals surface area (Å²) in [4.78, 5) is 15.9. The van der Waals surface area contributed by atoms with E-state index in [4.69, 9.17) is 9.47 Å². The maximum atomic E-state index is 12.0. The Balaban J connectivity index is 1.68. The van der Waals surface area contributed by atoms with Gasteiger partial charge in [-0.05, 0) is 64.9 Å². The number of nitrogens with one attached hydrogen (secondary N) is 1. The molecule has 1 amide bonds. The lowest BCUT2D eigenvalue weighted by Crippen LogP contribution is -2.17. The first-order valence-corrected chi connectivity index (χ1v) is 9.94. The quantitative estimate of drug-likeness (QED) is 0.297. The van der Waals surface area contributed by atoms with Gasteiger partial charge in [-0.2, -0.15) is 5.10 Å². The molecule has 0 atom stereocenters. The molecule has 0 saturated carbocycles. The van der Waals surface area contributed by atoms with Crippen molar-refractivity contribution in [2.45, 2.75) is 13.5 Å². The average Bonchev–Trinajstić information content (AvgIpc) is 2.74. The fraction of sp³-hybridized carbons (Fsp3) is 0.136. The summed E-state index contributed by atoms with van der Waals surface area (Å²) in [6.07, 6.45) is 4.65. The number of hydrazone groups is 1. The lowest BCUT2D eigenvalue weighted by atomic mass is 10.2.